The summed E-state index contributed by atoms with van der Waals surface area (Å²) in [4.78, 5) is 23.7. The van der Waals surface area contributed by atoms with Crippen LogP contribution in [0.2, 0.25) is 5.02 Å². The van der Waals surface area contributed by atoms with Gasteiger partial charge in [-0.05, 0) is 18.1 Å². The second-order valence-corrected chi connectivity index (χ2v) is 4.83. The standard InChI is InChI=1S/C13H17ClN2O3/c1-7(2)11(13(18)19-3)16-12(17)8-5-4-6-9(14)10(8)15/h4-7,11H,15H2,1-3H3,(H,16,17). The van der Waals surface area contributed by atoms with Crippen LogP contribution in [0.1, 0.15) is 24.2 Å². The van der Waals surface area contributed by atoms with E-state index in [1.165, 1.54) is 7.11 Å². The second-order valence-electron chi connectivity index (χ2n) is 4.42. The van der Waals surface area contributed by atoms with E-state index in [0.717, 1.165) is 0 Å². The molecule has 1 atom stereocenters. The lowest BCUT2D eigenvalue weighted by molar-refractivity contribution is -0.144. The van der Waals surface area contributed by atoms with Crippen molar-refractivity contribution >= 4 is 29.2 Å². The van der Waals surface area contributed by atoms with Crippen LogP contribution in [0, 0.1) is 5.92 Å². The largest absolute Gasteiger partial charge is 0.467 e. The van der Waals surface area contributed by atoms with Crippen molar-refractivity contribution in [3.63, 3.8) is 0 Å². The van der Waals surface area contributed by atoms with Gasteiger partial charge < -0.3 is 15.8 Å². The summed E-state index contributed by atoms with van der Waals surface area (Å²) in [7, 11) is 1.28. The van der Waals surface area contributed by atoms with E-state index in [4.69, 9.17) is 17.3 Å². The number of halogens is 1. The maximum atomic E-state index is 12.1. The first-order valence-electron chi connectivity index (χ1n) is 5.81. The Kier molecular flexibility index (Phi) is 5.18. The zero-order valence-corrected chi connectivity index (χ0v) is 11.8. The van der Waals surface area contributed by atoms with Gasteiger partial charge in [0.1, 0.15) is 6.04 Å². The average Bonchev–Trinajstić information content (AvgIpc) is 2.37. The van der Waals surface area contributed by atoms with Gasteiger partial charge >= 0.3 is 5.97 Å². The molecule has 5 nitrogen and oxygen atoms in total. The number of hydrogen-bond acceptors (Lipinski definition) is 4. The molecule has 19 heavy (non-hydrogen) atoms. The molecule has 0 bridgehead atoms. The number of amides is 1. The van der Waals surface area contributed by atoms with E-state index in [1.54, 1.807) is 18.2 Å². The highest BCUT2D eigenvalue weighted by atomic mass is 35.5. The Morgan fingerprint density at radius 3 is 2.53 bits per heavy atom. The molecule has 0 aliphatic rings. The molecule has 0 aliphatic carbocycles. The Labute approximate surface area is 117 Å². The Hall–Kier alpha value is -1.75. The molecular formula is C13H17ClN2O3. The molecular weight excluding hydrogens is 268 g/mol. The quantitative estimate of drug-likeness (QED) is 0.653. The summed E-state index contributed by atoms with van der Waals surface area (Å²) >= 11 is 5.85. The van der Waals surface area contributed by atoms with Gasteiger partial charge in [0.2, 0.25) is 0 Å². The SMILES string of the molecule is COC(=O)C(NC(=O)c1cccc(Cl)c1N)C(C)C. The molecule has 0 heterocycles. The number of esters is 1. The van der Waals surface area contributed by atoms with E-state index in [2.05, 4.69) is 10.1 Å². The van der Waals surface area contributed by atoms with Crippen molar-refractivity contribution in [1.29, 1.82) is 0 Å². The van der Waals surface area contributed by atoms with E-state index < -0.39 is 17.9 Å². The van der Waals surface area contributed by atoms with Crippen LogP contribution in [-0.2, 0) is 9.53 Å². The number of rotatable bonds is 4. The van der Waals surface area contributed by atoms with Crippen LogP contribution < -0.4 is 11.1 Å². The fourth-order valence-corrected chi connectivity index (χ4v) is 1.75. The number of methoxy groups -OCH3 is 1. The third-order valence-electron chi connectivity index (χ3n) is 2.71. The van der Waals surface area contributed by atoms with Crippen LogP contribution in [-0.4, -0.2) is 25.0 Å². The highest BCUT2D eigenvalue weighted by Gasteiger charge is 2.26. The number of nitrogens with two attached hydrogens (primary N) is 1. The monoisotopic (exact) mass is 284 g/mol. The molecule has 1 unspecified atom stereocenters. The highest BCUT2D eigenvalue weighted by molar-refractivity contribution is 6.33. The van der Waals surface area contributed by atoms with Gasteiger partial charge in [0.05, 0.1) is 23.4 Å². The molecule has 1 amide bonds. The van der Waals surface area contributed by atoms with Gasteiger partial charge in [0, 0.05) is 0 Å². The average molecular weight is 285 g/mol. The summed E-state index contributed by atoms with van der Waals surface area (Å²) in [5, 5.41) is 2.90. The molecule has 0 fully saturated rings. The minimum absolute atomic E-state index is 0.100. The predicted octanol–water partition coefficient (Wildman–Crippen LogP) is 1.85. The lowest BCUT2D eigenvalue weighted by Gasteiger charge is -2.20. The normalized spacial score (nSPS) is 12.1. The van der Waals surface area contributed by atoms with Gasteiger partial charge in [-0.15, -0.1) is 0 Å². The maximum Gasteiger partial charge on any atom is 0.328 e. The Morgan fingerprint density at radius 1 is 1.37 bits per heavy atom. The molecule has 6 heteroatoms. The van der Waals surface area contributed by atoms with Crippen molar-refractivity contribution in [1.82, 2.24) is 5.32 Å². The first-order chi connectivity index (χ1) is 8.88. The molecule has 0 saturated carbocycles. The van der Waals surface area contributed by atoms with E-state index in [0.29, 0.717) is 5.02 Å². The van der Waals surface area contributed by atoms with Crippen LogP contribution in [0.25, 0.3) is 0 Å². The summed E-state index contributed by atoms with van der Waals surface area (Å²) in [5.41, 5.74) is 6.16. The van der Waals surface area contributed by atoms with Crippen molar-refractivity contribution < 1.29 is 14.3 Å². The number of carbonyl (C=O) groups excluding carboxylic acids is 2. The van der Waals surface area contributed by atoms with Gasteiger partial charge in [-0.3, -0.25) is 4.79 Å². The van der Waals surface area contributed by atoms with E-state index >= 15 is 0 Å². The first kappa shape index (κ1) is 15.3. The van der Waals surface area contributed by atoms with Gasteiger partial charge in [-0.2, -0.15) is 0 Å². The highest BCUT2D eigenvalue weighted by Crippen LogP contribution is 2.22. The number of nitrogens with one attached hydrogen (secondary N) is 1. The van der Waals surface area contributed by atoms with Crippen molar-refractivity contribution in [2.24, 2.45) is 5.92 Å². The number of carbonyl (C=O) groups is 2. The number of hydrogen-bond donors (Lipinski definition) is 2. The minimum Gasteiger partial charge on any atom is -0.467 e. The van der Waals surface area contributed by atoms with Gasteiger partial charge in [-0.1, -0.05) is 31.5 Å². The summed E-state index contributed by atoms with van der Waals surface area (Å²) in [6.07, 6.45) is 0. The Balaban J connectivity index is 2.94. The van der Waals surface area contributed by atoms with Gasteiger partial charge in [0.25, 0.3) is 5.91 Å². The third kappa shape index (κ3) is 3.61. The fraction of sp³-hybridized carbons (Fsp3) is 0.385. The second kappa shape index (κ2) is 6.43. The Morgan fingerprint density at radius 2 is 2.00 bits per heavy atom. The zero-order chi connectivity index (χ0) is 14.6. The van der Waals surface area contributed by atoms with Crippen LogP contribution in [0.5, 0.6) is 0 Å². The zero-order valence-electron chi connectivity index (χ0n) is 11.1. The molecule has 3 N–H and O–H groups in total. The summed E-state index contributed by atoms with van der Waals surface area (Å²) < 4.78 is 4.65. The summed E-state index contributed by atoms with van der Waals surface area (Å²) in [6, 6.07) is 4.03. The van der Waals surface area contributed by atoms with Gasteiger partial charge in [-0.25, -0.2) is 4.79 Å². The van der Waals surface area contributed by atoms with E-state index in [1.807, 2.05) is 13.8 Å². The molecule has 0 aromatic heterocycles. The van der Waals surface area contributed by atoms with Gasteiger partial charge in [0.15, 0.2) is 0 Å². The third-order valence-corrected chi connectivity index (χ3v) is 3.04. The Bertz CT molecular complexity index is 489. The smallest absolute Gasteiger partial charge is 0.328 e. The van der Waals surface area contributed by atoms with Crippen molar-refractivity contribution in [2.45, 2.75) is 19.9 Å². The summed E-state index contributed by atoms with van der Waals surface area (Å²) in [6.45, 7) is 3.62. The molecule has 0 aliphatic heterocycles. The molecule has 0 spiro atoms. The first-order valence-corrected chi connectivity index (χ1v) is 6.19. The van der Waals surface area contributed by atoms with Crippen molar-refractivity contribution in [3.8, 4) is 0 Å². The molecule has 1 aromatic carbocycles. The van der Waals surface area contributed by atoms with Crippen molar-refractivity contribution in [3.05, 3.63) is 28.8 Å². The van der Waals surface area contributed by atoms with Crippen LogP contribution in [0.4, 0.5) is 5.69 Å². The number of ether oxygens (including phenoxy) is 1. The molecule has 104 valence electrons. The number of nitrogen functional groups attached to an aromatic ring is 1. The predicted molar refractivity (Wildman–Crippen MR) is 74.0 cm³/mol. The topological polar surface area (TPSA) is 81.4 Å². The number of benzene rings is 1. The van der Waals surface area contributed by atoms with E-state index in [9.17, 15) is 9.59 Å². The fourth-order valence-electron chi connectivity index (χ4n) is 1.58. The van der Waals surface area contributed by atoms with E-state index in [-0.39, 0.29) is 17.2 Å². The molecule has 1 rings (SSSR count). The van der Waals surface area contributed by atoms with Crippen LogP contribution in [0.15, 0.2) is 18.2 Å². The number of anilines is 1. The summed E-state index contributed by atoms with van der Waals surface area (Å²) in [5.74, 6) is -1.05. The molecule has 0 saturated heterocycles. The maximum absolute atomic E-state index is 12.1. The van der Waals surface area contributed by atoms with Crippen LogP contribution >= 0.6 is 11.6 Å². The molecule has 0 radical (unpaired) electrons. The molecule has 1 aromatic rings. The number of para-hydroxylation sites is 1. The van der Waals surface area contributed by atoms with Crippen molar-refractivity contribution in [2.75, 3.05) is 12.8 Å². The lowest BCUT2D eigenvalue weighted by Crippen LogP contribution is -2.45. The van der Waals surface area contributed by atoms with Crippen LogP contribution in [0.3, 0.4) is 0 Å². The minimum atomic E-state index is -0.726. The lowest BCUT2D eigenvalue weighted by atomic mass is 10.0.